The molecule has 32 heavy (non-hydrogen) atoms. The fourth-order valence-corrected chi connectivity index (χ4v) is 5.55. The van der Waals surface area contributed by atoms with E-state index < -0.39 is 21.8 Å². The number of nitrogens with one attached hydrogen (secondary N) is 1. The van der Waals surface area contributed by atoms with Crippen molar-refractivity contribution in [3.8, 4) is 0 Å². The van der Waals surface area contributed by atoms with Crippen LogP contribution < -0.4 is 5.32 Å². The Kier molecular flexibility index (Phi) is 8.39. The lowest BCUT2D eigenvalue weighted by Crippen LogP contribution is -2.45. The van der Waals surface area contributed by atoms with E-state index in [1.54, 1.807) is 0 Å². The first-order valence-electron chi connectivity index (χ1n) is 11.2. The summed E-state index contributed by atoms with van der Waals surface area (Å²) >= 11 is 0. The summed E-state index contributed by atoms with van der Waals surface area (Å²) in [5.74, 6) is -1.03. The number of carbonyl (C=O) groups is 1. The third-order valence-corrected chi connectivity index (χ3v) is 7.95. The van der Waals surface area contributed by atoms with E-state index in [-0.39, 0.29) is 17.3 Å². The average molecular weight is 462 g/mol. The first-order valence-corrected chi connectivity index (χ1v) is 12.6. The van der Waals surface area contributed by atoms with E-state index in [2.05, 4.69) is 30.1 Å². The van der Waals surface area contributed by atoms with Gasteiger partial charge in [-0.25, -0.2) is 12.8 Å². The molecule has 1 fully saturated rings. The minimum absolute atomic E-state index is 0.0466. The van der Waals surface area contributed by atoms with E-state index in [0.717, 1.165) is 37.3 Å². The Morgan fingerprint density at radius 3 is 2.41 bits per heavy atom. The molecule has 1 aliphatic heterocycles. The van der Waals surface area contributed by atoms with E-state index >= 15 is 0 Å². The van der Waals surface area contributed by atoms with Crippen molar-refractivity contribution in [2.45, 2.75) is 44.7 Å². The number of benzene rings is 2. The maximum absolute atomic E-state index is 13.2. The van der Waals surface area contributed by atoms with Crippen molar-refractivity contribution in [1.82, 2.24) is 14.5 Å². The molecule has 1 unspecified atom stereocenters. The number of sulfonamides is 1. The average Bonchev–Trinajstić information content (AvgIpc) is 2.82. The summed E-state index contributed by atoms with van der Waals surface area (Å²) in [6.07, 6.45) is 1.25. The van der Waals surface area contributed by atoms with E-state index in [9.17, 15) is 17.6 Å². The third kappa shape index (κ3) is 5.94. The quantitative estimate of drug-likeness (QED) is 0.622. The molecule has 0 spiro atoms. The van der Waals surface area contributed by atoms with Crippen molar-refractivity contribution in [3.05, 3.63) is 65.5 Å². The Morgan fingerprint density at radius 1 is 1.09 bits per heavy atom. The highest BCUT2D eigenvalue weighted by molar-refractivity contribution is 7.89. The van der Waals surface area contributed by atoms with Gasteiger partial charge in [0.1, 0.15) is 5.82 Å². The van der Waals surface area contributed by atoms with Crippen LogP contribution in [0.3, 0.4) is 0 Å². The van der Waals surface area contributed by atoms with Crippen molar-refractivity contribution in [2.24, 2.45) is 5.92 Å². The first-order chi connectivity index (χ1) is 15.3. The monoisotopic (exact) mass is 461 g/mol. The minimum atomic E-state index is -3.76. The van der Waals surface area contributed by atoms with Gasteiger partial charge >= 0.3 is 0 Å². The Labute approximate surface area is 190 Å². The molecule has 0 aromatic heterocycles. The van der Waals surface area contributed by atoms with E-state index in [1.165, 1.54) is 22.0 Å². The first kappa shape index (κ1) is 24.4. The summed E-state index contributed by atoms with van der Waals surface area (Å²) in [5, 5.41) is 3.01. The summed E-state index contributed by atoms with van der Waals surface area (Å²) < 4.78 is 40.4. The molecule has 1 heterocycles. The molecular formula is C24H32FN3O3S. The van der Waals surface area contributed by atoms with Crippen LogP contribution in [0.15, 0.2) is 53.4 Å². The summed E-state index contributed by atoms with van der Waals surface area (Å²) in [4.78, 5) is 15.2. The Hall–Kier alpha value is -2.29. The van der Waals surface area contributed by atoms with Gasteiger partial charge in [0.25, 0.3) is 0 Å². The zero-order chi connectivity index (χ0) is 23.1. The van der Waals surface area contributed by atoms with Crippen molar-refractivity contribution >= 4 is 15.9 Å². The highest BCUT2D eigenvalue weighted by Gasteiger charge is 2.33. The lowest BCUT2D eigenvalue weighted by atomic mass is 9.98. The maximum Gasteiger partial charge on any atom is 0.243 e. The number of hydrogen-bond donors (Lipinski definition) is 1. The lowest BCUT2D eigenvalue weighted by molar-refractivity contribution is -0.126. The number of hydrogen-bond acceptors (Lipinski definition) is 4. The molecular weight excluding hydrogens is 429 g/mol. The second-order valence-corrected chi connectivity index (χ2v) is 10.0. The van der Waals surface area contributed by atoms with Crippen LogP contribution in [0.25, 0.3) is 0 Å². The van der Waals surface area contributed by atoms with Gasteiger partial charge in [-0.15, -0.1) is 0 Å². The highest BCUT2D eigenvalue weighted by Crippen LogP contribution is 2.24. The third-order valence-electron chi connectivity index (χ3n) is 6.07. The summed E-state index contributed by atoms with van der Waals surface area (Å²) in [6, 6.07) is 12.9. The molecule has 0 saturated carbocycles. The van der Waals surface area contributed by atoms with Crippen molar-refractivity contribution in [2.75, 3.05) is 26.2 Å². The van der Waals surface area contributed by atoms with Gasteiger partial charge in [-0.3, -0.25) is 9.69 Å². The van der Waals surface area contributed by atoms with E-state index in [0.29, 0.717) is 25.9 Å². The maximum atomic E-state index is 13.2. The van der Waals surface area contributed by atoms with Crippen LogP contribution in [-0.4, -0.2) is 49.7 Å². The molecule has 8 heteroatoms. The summed E-state index contributed by atoms with van der Waals surface area (Å²) in [5.41, 5.74) is 2.25. The van der Waals surface area contributed by atoms with Gasteiger partial charge in [-0.05, 0) is 61.3 Å². The van der Waals surface area contributed by atoms with Gasteiger partial charge in [0, 0.05) is 26.2 Å². The second-order valence-electron chi connectivity index (χ2n) is 8.10. The van der Waals surface area contributed by atoms with Crippen LogP contribution in [-0.2, 0) is 27.9 Å². The molecule has 1 aliphatic rings. The fraction of sp³-hybridized carbons (Fsp3) is 0.458. The van der Waals surface area contributed by atoms with Crippen LogP contribution in [0.4, 0.5) is 4.39 Å². The number of halogens is 1. The molecule has 0 bridgehead atoms. The predicted molar refractivity (Wildman–Crippen MR) is 123 cm³/mol. The standard InChI is InChI=1S/C24H32FN3O3S/c1-3-27(4-2)17-20-9-6-5-8-19(20)16-26-24(29)21-10-7-15-28(18-21)32(30,31)23-13-11-22(25)12-14-23/h5-6,8-9,11-14,21H,3-4,7,10,15-18H2,1-2H3,(H,26,29). The lowest BCUT2D eigenvalue weighted by Gasteiger charge is -2.31. The Morgan fingerprint density at radius 2 is 1.75 bits per heavy atom. The minimum Gasteiger partial charge on any atom is -0.352 e. The van der Waals surface area contributed by atoms with Gasteiger partial charge in [0.2, 0.25) is 15.9 Å². The zero-order valence-electron chi connectivity index (χ0n) is 18.8. The fourth-order valence-electron chi connectivity index (χ4n) is 4.03. The van der Waals surface area contributed by atoms with E-state index in [1.807, 2.05) is 18.2 Å². The van der Waals surface area contributed by atoms with Gasteiger partial charge in [0.05, 0.1) is 10.8 Å². The van der Waals surface area contributed by atoms with Crippen molar-refractivity contribution < 1.29 is 17.6 Å². The molecule has 1 amide bonds. The second kappa shape index (κ2) is 11.0. The van der Waals surface area contributed by atoms with Crippen molar-refractivity contribution in [3.63, 3.8) is 0 Å². The number of piperidine rings is 1. The molecule has 174 valence electrons. The molecule has 1 saturated heterocycles. The normalized spacial score (nSPS) is 17.4. The molecule has 0 aliphatic carbocycles. The summed E-state index contributed by atoms with van der Waals surface area (Å²) in [6.45, 7) is 7.90. The Bertz CT molecular complexity index is 1010. The van der Waals surface area contributed by atoms with E-state index in [4.69, 9.17) is 0 Å². The molecule has 3 rings (SSSR count). The van der Waals surface area contributed by atoms with Crippen LogP contribution in [0.5, 0.6) is 0 Å². The number of rotatable bonds is 9. The number of carbonyl (C=O) groups excluding carboxylic acids is 1. The molecule has 1 N–H and O–H groups in total. The molecule has 2 aromatic carbocycles. The molecule has 1 atom stereocenters. The van der Waals surface area contributed by atoms with Crippen LogP contribution in [0.1, 0.15) is 37.8 Å². The summed E-state index contributed by atoms with van der Waals surface area (Å²) in [7, 11) is -3.76. The molecule has 6 nitrogen and oxygen atoms in total. The highest BCUT2D eigenvalue weighted by atomic mass is 32.2. The SMILES string of the molecule is CCN(CC)Cc1ccccc1CNC(=O)C1CCCN(S(=O)(=O)c2ccc(F)cc2)C1. The van der Waals surface area contributed by atoms with Crippen molar-refractivity contribution in [1.29, 1.82) is 0 Å². The predicted octanol–water partition coefficient (Wildman–Crippen LogP) is 3.38. The largest absolute Gasteiger partial charge is 0.352 e. The van der Waals surface area contributed by atoms with Gasteiger partial charge in [-0.1, -0.05) is 38.1 Å². The van der Waals surface area contributed by atoms with Crippen LogP contribution in [0, 0.1) is 11.7 Å². The number of amides is 1. The topological polar surface area (TPSA) is 69.7 Å². The van der Waals surface area contributed by atoms with Gasteiger partial charge in [-0.2, -0.15) is 4.31 Å². The smallest absolute Gasteiger partial charge is 0.243 e. The Balaban J connectivity index is 1.63. The number of nitrogens with zero attached hydrogens (tertiary/aromatic N) is 2. The molecule has 0 radical (unpaired) electrons. The van der Waals surface area contributed by atoms with Gasteiger partial charge < -0.3 is 5.32 Å². The molecule has 2 aromatic rings. The van der Waals surface area contributed by atoms with Crippen LogP contribution in [0.2, 0.25) is 0 Å². The van der Waals surface area contributed by atoms with Crippen LogP contribution >= 0.6 is 0 Å². The van der Waals surface area contributed by atoms with Gasteiger partial charge in [0.15, 0.2) is 0 Å². The zero-order valence-corrected chi connectivity index (χ0v) is 19.6.